The van der Waals surface area contributed by atoms with E-state index in [2.05, 4.69) is 0 Å². The van der Waals surface area contributed by atoms with Crippen molar-refractivity contribution in [1.29, 1.82) is 0 Å². The SMILES string of the molecule is CC(C)(C)c1ccc(S(=O)(=O)O)cc1.O=P(O)(O)F.O=P(O)(O)F.O=P(O)(O)F.O=P(O)(O)F.O=P([O-])(O)F.[Li+]. The molecule has 0 radical (unpaired) electrons. The van der Waals surface area contributed by atoms with Gasteiger partial charge in [0.15, 0.2) is 0 Å². The number of hydrogen-bond acceptors (Lipinski definition) is 8. The van der Waals surface area contributed by atoms with E-state index in [0.29, 0.717) is 0 Å². The summed E-state index contributed by atoms with van der Waals surface area (Å²) in [4.78, 5) is 71.1. The molecule has 0 amide bonds. The Kier molecular flexibility index (Phi) is 27.6. The van der Waals surface area contributed by atoms with Gasteiger partial charge in [0.2, 0.25) is 0 Å². The van der Waals surface area contributed by atoms with E-state index in [-0.39, 0.29) is 29.2 Å². The molecular weight excluding hydrogens is 697 g/mol. The summed E-state index contributed by atoms with van der Waals surface area (Å²) in [6.07, 6.45) is 0. The topological polar surface area (TPSA) is 345 Å². The van der Waals surface area contributed by atoms with Crippen molar-refractivity contribution in [1.82, 2.24) is 0 Å². The number of rotatable bonds is 1. The molecule has 0 fully saturated rings. The van der Waals surface area contributed by atoms with Gasteiger partial charge in [-0.15, -0.1) is 16.8 Å². The predicted molar refractivity (Wildman–Crippen MR) is 118 cm³/mol. The molecule has 0 heterocycles. The largest absolute Gasteiger partial charge is 1.00 e. The summed E-state index contributed by atoms with van der Waals surface area (Å²) in [6.45, 7) is 6.11. The van der Waals surface area contributed by atoms with Gasteiger partial charge in [-0.1, -0.05) is 32.9 Å². The number of hydrogen-bond donors (Lipinski definition) is 10. The van der Waals surface area contributed by atoms with Crippen LogP contribution in [-0.4, -0.2) is 57.0 Å². The van der Waals surface area contributed by atoms with Crippen LogP contribution >= 0.6 is 39.5 Å². The first-order valence-electron chi connectivity index (χ1n) is 8.03. The first kappa shape index (κ1) is 52.7. The Labute approximate surface area is 235 Å². The Morgan fingerprint density at radius 2 is 0.775 bits per heavy atom. The summed E-state index contributed by atoms with van der Waals surface area (Å²) in [5.74, 6) is 0. The second-order valence-electron chi connectivity index (χ2n) is 6.59. The molecule has 0 aliphatic rings. The molecule has 238 valence electrons. The van der Waals surface area contributed by atoms with Crippen molar-refractivity contribution in [3.8, 4) is 0 Å². The minimum absolute atomic E-state index is 0. The maximum atomic E-state index is 10.7. The van der Waals surface area contributed by atoms with Crippen molar-refractivity contribution in [3.63, 3.8) is 0 Å². The molecule has 0 aliphatic heterocycles. The Balaban J connectivity index is -0.0000000943. The van der Waals surface area contributed by atoms with E-state index >= 15 is 0 Å². The number of benzene rings is 1. The normalized spacial score (nSPS) is 13.1. The molecule has 0 aromatic heterocycles. The van der Waals surface area contributed by atoms with Crippen LogP contribution in [0.3, 0.4) is 0 Å². The Morgan fingerprint density at radius 3 is 0.875 bits per heavy atom. The van der Waals surface area contributed by atoms with Gasteiger partial charge >= 0.3 is 58.4 Å². The van der Waals surface area contributed by atoms with Gasteiger partial charge < -0.3 is 9.79 Å². The zero-order chi connectivity index (χ0) is 33.5. The fourth-order valence-corrected chi connectivity index (χ4v) is 1.61. The third-order valence-corrected chi connectivity index (χ3v) is 2.89. The molecule has 18 nitrogen and oxygen atoms in total. The fraction of sp³-hybridized carbons (Fsp3) is 0.400. The zero-order valence-electron chi connectivity index (χ0n) is 20.1. The summed E-state index contributed by atoms with van der Waals surface area (Å²) in [7, 11) is -30.0. The van der Waals surface area contributed by atoms with Gasteiger partial charge in [0.25, 0.3) is 10.1 Å². The van der Waals surface area contributed by atoms with Crippen LogP contribution in [-0.2, 0) is 38.4 Å². The van der Waals surface area contributed by atoms with Crippen molar-refractivity contribution in [2.45, 2.75) is 31.1 Å². The van der Waals surface area contributed by atoms with E-state index in [1.54, 1.807) is 12.1 Å². The summed E-state index contributed by atoms with van der Waals surface area (Å²) < 4.78 is 125. The van der Waals surface area contributed by atoms with Crippen molar-refractivity contribution in [2.75, 3.05) is 0 Å². The fourth-order valence-electron chi connectivity index (χ4n) is 1.13. The standard InChI is InChI=1S/C10H14O3S.5FH2O3P.Li/c1-10(2,3)8-4-6-9(7-5-8)14(11,12)13;5*1-5(2,3)4;/h4-7H,1-3H3,(H,11,12,13);5*(H2,2,3,4);/q;;;;;;+1/p-1. The molecule has 0 spiro atoms. The van der Waals surface area contributed by atoms with Gasteiger partial charge in [0, 0.05) is 0 Å². The van der Waals surface area contributed by atoms with Crippen LogP contribution in [0.1, 0.15) is 26.3 Å². The molecule has 1 aromatic carbocycles. The molecule has 0 saturated carbocycles. The van der Waals surface area contributed by atoms with Gasteiger partial charge in [-0.3, -0.25) is 48.3 Å². The van der Waals surface area contributed by atoms with Crippen LogP contribution in [0.4, 0.5) is 21.0 Å². The third-order valence-electron chi connectivity index (χ3n) is 2.02. The molecule has 30 heteroatoms. The van der Waals surface area contributed by atoms with E-state index in [9.17, 15) is 29.4 Å². The minimum Gasteiger partial charge on any atom is -0.753 e. The zero-order valence-corrected chi connectivity index (χ0v) is 25.4. The predicted octanol–water partition coefficient (Wildman–Crippen LogP) is -1.15. The van der Waals surface area contributed by atoms with E-state index in [4.69, 9.17) is 76.3 Å². The second kappa shape index (κ2) is 20.9. The maximum absolute atomic E-state index is 10.7. The Hall–Kier alpha value is 0.127. The molecule has 1 rings (SSSR count). The summed E-state index contributed by atoms with van der Waals surface area (Å²) in [5.41, 5.74) is 1.02. The molecule has 0 aliphatic carbocycles. The van der Waals surface area contributed by atoms with Crippen LogP contribution in [0.5, 0.6) is 0 Å². The van der Waals surface area contributed by atoms with Gasteiger partial charge in [-0.2, -0.15) is 12.6 Å². The average Bonchev–Trinajstić information content (AvgIpc) is 2.45. The van der Waals surface area contributed by atoms with Crippen molar-refractivity contribution >= 4 is 49.7 Å². The second-order valence-corrected chi connectivity index (χ2v) is 12.7. The van der Waals surface area contributed by atoms with Crippen molar-refractivity contribution < 1.29 is 125 Å². The minimum atomic E-state index is -5.39. The van der Waals surface area contributed by atoms with Crippen molar-refractivity contribution in [3.05, 3.63) is 29.8 Å². The van der Waals surface area contributed by atoms with Crippen LogP contribution < -0.4 is 23.8 Å². The van der Waals surface area contributed by atoms with Crippen molar-refractivity contribution in [2.24, 2.45) is 0 Å². The molecular formula is C10H23F5LiO18P5S. The summed E-state index contributed by atoms with van der Waals surface area (Å²) in [6, 6.07) is 6.25. The van der Waals surface area contributed by atoms with E-state index in [0.717, 1.165) is 5.56 Å². The van der Waals surface area contributed by atoms with Crippen LogP contribution in [0, 0.1) is 0 Å². The Bertz CT molecular complexity index is 1010. The van der Waals surface area contributed by atoms with Gasteiger partial charge in [-0.25, -0.2) is 18.3 Å². The molecule has 10 N–H and O–H groups in total. The monoisotopic (exact) mass is 720 g/mol. The summed E-state index contributed by atoms with van der Waals surface area (Å²) in [5, 5.41) is 0. The molecule has 0 saturated heterocycles. The van der Waals surface area contributed by atoms with Gasteiger partial charge in [-0.05, 0) is 23.1 Å². The first-order chi connectivity index (χ1) is 16.2. The molecule has 1 atom stereocenters. The molecule has 1 aromatic rings. The first-order valence-corrected chi connectivity index (χ1v) is 17.0. The number of halogens is 5. The quantitative estimate of drug-likeness (QED) is 0.0708. The smallest absolute Gasteiger partial charge is 0.753 e. The van der Waals surface area contributed by atoms with Crippen LogP contribution in [0.2, 0.25) is 0 Å². The van der Waals surface area contributed by atoms with Crippen LogP contribution in [0.25, 0.3) is 0 Å². The van der Waals surface area contributed by atoms with Crippen LogP contribution in [0.15, 0.2) is 29.2 Å². The third kappa shape index (κ3) is 107. The Morgan fingerprint density at radius 1 is 0.625 bits per heavy atom. The maximum Gasteiger partial charge on any atom is 1.00 e. The average molecular weight is 720 g/mol. The van der Waals surface area contributed by atoms with E-state index in [1.807, 2.05) is 20.8 Å². The molecule has 0 bridgehead atoms. The van der Waals surface area contributed by atoms with E-state index < -0.39 is 49.7 Å². The van der Waals surface area contributed by atoms with Gasteiger partial charge in [0.1, 0.15) is 0 Å². The molecule has 40 heavy (non-hydrogen) atoms. The van der Waals surface area contributed by atoms with Gasteiger partial charge in [0.05, 0.1) is 4.90 Å². The molecule has 1 unspecified atom stereocenters. The summed E-state index contributed by atoms with van der Waals surface area (Å²) >= 11 is 0. The van der Waals surface area contributed by atoms with E-state index in [1.165, 1.54) is 12.1 Å².